The van der Waals surface area contributed by atoms with Crippen LogP contribution < -0.4 is 4.72 Å². The number of nitrogens with zero attached hydrogens (tertiary/aromatic N) is 3. The highest BCUT2D eigenvalue weighted by Gasteiger charge is 2.25. The lowest BCUT2D eigenvalue weighted by Crippen LogP contribution is -2.52. The highest BCUT2D eigenvalue weighted by molar-refractivity contribution is 7.89. The van der Waals surface area contributed by atoms with E-state index in [1.165, 1.54) is 6.42 Å². The Kier molecular flexibility index (Phi) is 8.53. The second-order valence-electron chi connectivity index (χ2n) is 10.0. The first-order chi connectivity index (χ1) is 15.6. The Morgan fingerprint density at radius 1 is 0.848 bits per heavy atom. The first-order valence-electron chi connectivity index (χ1n) is 11.9. The van der Waals surface area contributed by atoms with Gasteiger partial charge in [-0.15, -0.1) is 0 Å². The zero-order chi connectivity index (χ0) is 24.1. The molecule has 0 radical (unpaired) electrons. The Morgan fingerprint density at radius 2 is 1.42 bits per heavy atom. The summed E-state index contributed by atoms with van der Waals surface area (Å²) in [6.45, 7) is 10.9. The van der Waals surface area contributed by atoms with E-state index in [1.54, 1.807) is 17.0 Å². The molecule has 2 fully saturated rings. The number of likely N-dealkylation sites (tertiary alicyclic amines) is 1. The Morgan fingerprint density at radius 3 is 2.00 bits per heavy atom. The number of benzene rings is 1. The Labute approximate surface area is 198 Å². The Bertz CT molecular complexity index is 911. The third-order valence-corrected chi connectivity index (χ3v) is 7.93. The number of hydrogen-bond acceptors (Lipinski definition) is 5. The van der Waals surface area contributed by atoms with Crippen molar-refractivity contribution in [1.29, 1.82) is 0 Å². The molecule has 2 heterocycles. The van der Waals surface area contributed by atoms with E-state index in [4.69, 9.17) is 0 Å². The zero-order valence-corrected chi connectivity index (χ0v) is 21.0. The van der Waals surface area contributed by atoms with E-state index in [0.29, 0.717) is 32.7 Å². The van der Waals surface area contributed by atoms with Crippen molar-refractivity contribution in [2.24, 2.45) is 0 Å². The van der Waals surface area contributed by atoms with E-state index in [1.807, 2.05) is 17.0 Å². The minimum absolute atomic E-state index is 0.0486. The van der Waals surface area contributed by atoms with Gasteiger partial charge >= 0.3 is 0 Å². The number of sulfonamides is 1. The average molecular weight is 479 g/mol. The van der Waals surface area contributed by atoms with Crippen molar-refractivity contribution in [3.8, 4) is 0 Å². The van der Waals surface area contributed by atoms with Crippen LogP contribution in [0, 0.1) is 0 Å². The molecule has 2 aliphatic heterocycles. The molecule has 2 aliphatic rings. The lowest BCUT2D eigenvalue weighted by atomic mass is 9.87. The van der Waals surface area contributed by atoms with Gasteiger partial charge in [0.25, 0.3) is 0 Å². The summed E-state index contributed by atoms with van der Waals surface area (Å²) >= 11 is 0. The minimum atomic E-state index is -3.65. The summed E-state index contributed by atoms with van der Waals surface area (Å²) < 4.78 is 27.6. The molecule has 0 unspecified atom stereocenters. The van der Waals surface area contributed by atoms with Gasteiger partial charge in [0.05, 0.1) is 11.4 Å². The number of piperidine rings is 1. The van der Waals surface area contributed by atoms with Crippen LogP contribution in [0.15, 0.2) is 29.2 Å². The van der Waals surface area contributed by atoms with E-state index in [0.717, 1.165) is 31.5 Å². The molecule has 0 aromatic heterocycles. The topological polar surface area (TPSA) is 90.0 Å². The third-order valence-electron chi connectivity index (χ3n) is 6.45. The van der Waals surface area contributed by atoms with Crippen molar-refractivity contribution in [2.45, 2.75) is 56.8 Å². The first kappa shape index (κ1) is 25.6. The van der Waals surface area contributed by atoms with Crippen LogP contribution in [0.4, 0.5) is 0 Å². The first-order valence-corrected chi connectivity index (χ1v) is 13.4. The number of rotatable bonds is 7. The molecule has 3 rings (SSSR count). The molecule has 0 aliphatic carbocycles. The van der Waals surface area contributed by atoms with E-state index in [9.17, 15) is 18.0 Å². The van der Waals surface area contributed by atoms with Gasteiger partial charge in [-0.3, -0.25) is 14.5 Å². The number of hydrogen-bond donors (Lipinski definition) is 1. The van der Waals surface area contributed by atoms with Crippen molar-refractivity contribution < 1.29 is 18.0 Å². The van der Waals surface area contributed by atoms with Gasteiger partial charge in [0.15, 0.2) is 0 Å². The molecular weight excluding hydrogens is 440 g/mol. The summed E-state index contributed by atoms with van der Waals surface area (Å²) in [4.78, 5) is 31.0. The van der Waals surface area contributed by atoms with Crippen LogP contribution in [0.2, 0.25) is 0 Å². The predicted octanol–water partition coefficient (Wildman–Crippen LogP) is 1.81. The molecule has 0 saturated carbocycles. The standard InChI is InChI=1S/C24H38N4O4S/c1-24(2,3)20-7-9-21(10-8-20)33(31,32)25-12-11-22(29)28-17-15-26(16-18-28)19-23(30)27-13-5-4-6-14-27/h7-10,25H,4-6,11-19H2,1-3H3. The number of nitrogens with one attached hydrogen (secondary N) is 1. The number of piperazine rings is 1. The highest BCUT2D eigenvalue weighted by atomic mass is 32.2. The lowest BCUT2D eigenvalue weighted by Gasteiger charge is -2.36. The van der Waals surface area contributed by atoms with Gasteiger partial charge in [0, 0.05) is 52.2 Å². The van der Waals surface area contributed by atoms with Gasteiger partial charge in [-0.1, -0.05) is 32.9 Å². The van der Waals surface area contributed by atoms with Crippen molar-refractivity contribution in [2.75, 3.05) is 52.4 Å². The van der Waals surface area contributed by atoms with E-state index >= 15 is 0 Å². The molecule has 1 N–H and O–H groups in total. The zero-order valence-electron chi connectivity index (χ0n) is 20.2. The summed E-state index contributed by atoms with van der Waals surface area (Å²) in [5.74, 6) is 0.113. The molecule has 9 heteroatoms. The molecule has 8 nitrogen and oxygen atoms in total. The molecule has 2 amide bonds. The quantitative estimate of drug-likeness (QED) is 0.646. The molecule has 1 aromatic carbocycles. The summed E-state index contributed by atoms with van der Waals surface area (Å²) in [5.41, 5.74) is 1.01. The SMILES string of the molecule is CC(C)(C)c1ccc(S(=O)(=O)NCCC(=O)N2CCN(CC(=O)N3CCCCC3)CC2)cc1. The van der Waals surface area contributed by atoms with Crippen LogP contribution in [0.25, 0.3) is 0 Å². The van der Waals surface area contributed by atoms with Gasteiger partial charge in [0.2, 0.25) is 21.8 Å². The normalized spacial score (nSPS) is 18.4. The van der Waals surface area contributed by atoms with Crippen LogP contribution in [0.3, 0.4) is 0 Å². The third kappa shape index (κ3) is 7.25. The van der Waals surface area contributed by atoms with Gasteiger partial charge < -0.3 is 9.80 Å². The van der Waals surface area contributed by atoms with E-state index in [2.05, 4.69) is 30.4 Å². The maximum Gasteiger partial charge on any atom is 0.240 e. The maximum absolute atomic E-state index is 12.5. The van der Waals surface area contributed by atoms with Crippen LogP contribution in [-0.4, -0.2) is 87.3 Å². The molecule has 33 heavy (non-hydrogen) atoms. The Balaban J connectivity index is 1.40. The minimum Gasteiger partial charge on any atom is -0.342 e. The highest BCUT2D eigenvalue weighted by Crippen LogP contribution is 2.23. The average Bonchev–Trinajstić information content (AvgIpc) is 2.79. The van der Waals surface area contributed by atoms with Crippen LogP contribution in [0.5, 0.6) is 0 Å². The van der Waals surface area contributed by atoms with Gasteiger partial charge in [0.1, 0.15) is 0 Å². The Hall–Kier alpha value is -1.97. The number of amides is 2. The lowest BCUT2D eigenvalue weighted by molar-refractivity contribution is -0.135. The fraction of sp³-hybridized carbons (Fsp3) is 0.667. The maximum atomic E-state index is 12.5. The molecule has 184 valence electrons. The molecular formula is C24H38N4O4S. The molecule has 2 saturated heterocycles. The largest absolute Gasteiger partial charge is 0.342 e. The molecule has 0 spiro atoms. The van der Waals surface area contributed by atoms with Crippen molar-refractivity contribution in [3.05, 3.63) is 29.8 Å². The van der Waals surface area contributed by atoms with Crippen LogP contribution >= 0.6 is 0 Å². The summed E-state index contributed by atoms with van der Waals surface area (Å²) in [5, 5.41) is 0. The van der Waals surface area contributed by atoms with Gasteiger partial charge in [-0.2, -0.15) is 0 Å². The molecule has 1 aromatic rings. The second kappa shape index (κ2) is 11.0. The number of carbonyl (C=O) groups excluding carboxylic acids is 2. The number of carbonyl (C=O) groups is 2. The van der Waals surface area contributed by atoms with E-state index < -0.39 is 10.0 Å². The van der Waals surface area contributed by atoms with Gasteiger partial charge in [-0.25, -0.2) is 13.1 Å². The monoisotopic (exact) mass is 478 g/mol. The second-order valence-corrected chi connectivity index (χ2v) is 11.8. The predicted molar refractivity (Wildman–Crippen MR) is 128 cm³/mol. The summed E-state index contributed by atoms with van der Waals surface area (Å²) in [6, 6.07) is 6.87. The fourth-order valence-electron chi connectivity index (χ4n) is 4.26. The van der Waals surface area contributed by atoms with Crippen LogP contribution in [0.1, 0.15) is 52.0 Å². The van der Waals surface area contributed by atoms with Crippen molar-refractivity contribution >= 4 is 21.8 Å². The van der Waals surface area contributed by atoms with E-state index in [-0.39, 0.29) is 35.1 Å². The summed E-state index contributed by atoms with van der Waals surface area (Å²) in [7, 11) is -3.65. The van der Waals surface area contributed by atoms with Crippen LogP contribution in [-0.2, 0) is 25.0 Å². The van der Waals surface area contributed by atoms with Crippen molar-refractivity contribution in [3.63, 3.8) is 0 Å². The summed E-state index contributed by atoms with van der Waals surface area (Å²) in [6.07, 6.45) is 3.48. The smallest absolute Gasteiger partial charge is 0.240 e. The molecule has 0 bridgehead atoms. The van der Waals surface area contributed by atoms with Gasteiger partial charge in [-0.05, 0) is 42.4 Å². The van der Waals surface area contributed by atoms with Crippen molar-refractivity contribution in [1.82, 2.24) is 19.4 Å². The fourth-order valence-corrected chi connectivity index (χ4v) is 5.29. The molecule has 0 atom stereocenters.